The first-order valence-electron chi connectivity index (χ1n) is 10.1. The quantitative estimate of drug-likeness (QED) is 0.806. The van der Waals surface area contributed by atoms with Crippen LogP contribution in [0, 0.1) is 0 Å². The SMILES string of the molecule is O=C(CNc1ccccc1N1CCOCC1)Nc1ccc(N2CCCC2)cc1. The predicted octanol–water partition coefficient (Wildman–Crippen LogP) is 3.17. The van der Waals surface area contributed by atoms with Gasteiger partial charge in [-0.3, -0.25) is 4.79 Å². The number of carbonyl (C=O) groups excluding carboxylic acids is 1. The minimum Gasteiger partial charge on any atom is -0.378 e. The van der Waals surface area contributed by atoms with Gasteiger partial charge >= 0.3 is 0 Å². The average Bonchev–Trinajstić information content (AvgIpc) is 3.29. The normalized spacial score (nSPS) is 16.9. The van der Waals surface area contributed by atoms with E-state index in [9.17, 15) is 4.79 Å². The highest BCUT2D eigenvalue weighted by molar-refractivity contribution is 5.94. The van der Waals surface area contributed by atoms with E-state index < -0.39 is 0 Å². The van der Waals surface area contributed by atoms with Gasteiger partial charge < -0.3 is 25.2 Å². The van der Waals surface area contributed by atoms with Crippen LogP contribution in [0.15, 0.2) is 48.5 Å². The smallest absolute Gasteiger partial charge is 0.243 e. The number of anilines is 4. The molecule has 0 aromatic heterocycles. The molecule has 2 fully saturated rings. The number of rotatable bonds is 6. The van der Waals surface area contributed by atoms with E-state index in [0.29, 0.717) is 0 Å². The van der Waals surface area contributed by atoms with Gasteiger partial charge in [0.15, 0.2) is 0 Å². The molecule has 1 amide bonds. The Morgan fingerprint density at radius 3 is 2.36 bits per heavy atom. The molecule has 0 spiro atoms. The lowest BCUT2D eigenvalue weighted by Crippen LogP contribution is -2.36. The molecule has 4 rings (SSSR count). The van der Waals surface area contributed by atoms with E-state index in [0.717, 1.165) is 56.5 Å². The third-order valence-corrected chi connectivity index (χ3v) is 5.32. The van der Waals surface area contributed by atoms with Crippen molar-refractivity contribution in [3.8, 4) is 0 Å². The number of nitrogens with zero attached hydrogens (tertiary/aromatic N) is 2. The number of nitrogens with one attached hydrogen (secondary N) is 2. The van der Waals surface area contributed by atoms with Crippen LogP contribution in [-0.2, 0) is 9.53 Å². The van der Waals surface area contributed by atoms with E-state index in [4.69, 9.17) is 4.74 Å². The minimum absolute atomic E-state index is 0.0503. The number of para-hydroxylation sites is 2. The number of hydrogen-bond donors (Lipinski definition) is 2. The van der Waals surface area contributed by atoms with E-state index in [1.807, 2.05) is 30.3 Å². The lowest BCUT2D eigenvalue weighted by Gasteiger charge is -2.30. The summed E-state index contributed by atoms with van der Waals surface area (Å²) in [6, 6.07) is 16.2. The molecule has 0 bridgehead atoms. The number of benzene rings is 2. The molecule has 2 aliphatic rings. The van der Waals surface area contributed by atoms with Crippen molar-refractivity contribution in [2.75, 3.05) is 66.4 Å². The van der Waals surface area contributed by atoms with Gasteiger partial charge in [0.25, 0.3) is 0 Å². The van der Waals surface area contributed by atoms with Crippen LogP contribution in [0.3, 0.4) is 0 Å². The van der Waals surface area contributed by atoms with E-state index in [1.54, 1.807) is 0 Å². The molecule has 2 N–H and O–H groups in total. The summed E-state index contributed by atoms with van der Waals surface area (Å²) in [6.45, 7) is 5.69. The summed E-state index contributed by atoms with van der Waals surface area (Å²) in [7, 11) is 0. The molecule has 2 aliphatic heterocycles. The first-order chi connectivity index (χ1) is 13.8. The summed E-state index contributed by atoms with van der Waals surface area (Å²) in [4.78, 5) is 17.1. The Labute approximate surface area is 166 Å². The van der Waals surface area contributed by atoms with Gasteiger partial charge in [-0.1, -0.05) is 12.1 Å². The summed E-state index contributed by atoms with van der Waals surface area (Å²) in [5.41, 5.74) is 4.15. The van der Waals surface area contributed by atoms with Crippen molar-refractivity contribution in [2.45, 2.75) is 12.8 Å². The van der Waals surface area contributed by atoms with Crippen LogP contribution in [0.1, 0.15) is 12.8 Å². The molecule has 0 unspecified atom stereocenters. The predicted molar refractivity (Wildman–Crippen MR) is 114 cm³/mol. The van der Waals surface area contributed by atoms with Gasteiger partial charge in [0.05, 0.1) is 31.1 Å². The molecular formula is C22H28N4O2. The van der Waals surface area contributed by atoms with Crippen LogP contribution in [0.5, 0.6) is 0 Å². The van der Waals surface area contributed by atoms with Gasteiger partial charge in [0.1, 0.15) is 0 Å². The highest BCUT2D eigenvalue weighted by Gasteiger charge is 2.15. The molecule has 0 radical (unpaired) electrons. The molecule has 0 aliphatic carbocycles. The summed E-state index contributed by atoms with van der Waals surface area (Å²) in [5, 5.41) is 6.26. The fourth-order valence-corrected chi connectivity index (χ4v) is 3.81. The molecule has 2 aromatic rings. The summed E-state index contributed by atoms with van der Waals surface area (Å²) in [6.07, 6.45) is 2.52. The van der Waals surface area contributed by atoms with Crippen molar-refractivity contribution in [2.24, 2.45) is 0 Å². The zero-order valence-electron chi connectivity index (χ0n) is 16.2. The maximum atomic E-state index is 12.4. The van der Waals surface area contributed by atoms with Gasteiger partial charge in [-0.2, -0.15) is 0 Å². The highest BCUT2D eigenvalue weighted by Crippen LogP contribution is 2.26. The van der Waals surface area contributed by atoms with Gasteiger partial charge in [0.2, 0.25) is 5.91 Å². The second-order valence-corrected chi connectivity index (χ2v) is 7.26. The summed E-state index contributed by atoms with van der Waals surface area (Å²) < 4.78 is 5.44. The fourth-order valence-electron chi connectivity index (χ4n) is 3.81. The van der Waals surface area contributed by atoms with Crippen molar-refractivity contribution >= 4 is 28.7 Å². The first kappa shape index (κ1) is 18.6. The maximum Gasteiger partial charge on any atom is 0.243 e. The highest BCUT2D eigenvalue weighted by atomic mass is 16.5. The van der Waals surface area contributed by atoms with E-state index in [1.165, 1.54) is 18.5 Å². The Morgan fingerprint density at radius 1 is 0.893 bits per heavy atom. The number of morpholine rings is 1. The van der Waals surface area contributed by atoms with Gasteiger partial charge in [0, 0.05) is 37.6 Å². The molecule has 0 saturated carbocycles. The van der Waals surface area contributed by atoms with Crippen LogP contribution in [0.4, 0.5) is 22.7 Å². The van der Waals surface area contributed by atoms with Gasteiger partial charge in [-0.15, -0.1) is 0 Å². The number of carbonyl (C=O) groups is 1. The monoisotopic (exact) mass is 380 g/mol. The Bertz CT molecular complexity index is 781. The van der Waals surface area contributed by atoms with Crippen LogP contribution in [-0.4, -0.2) is 51.8 Å². The zero-order valence-corrected chi connectivity index (χ0v) is 16.2. The number of amides is 1. The van der Waals surface area contributed by atoms with Crippen molar-refractivity contribution in [1.29, 1.82) is 0 Å². The van der Waals surface area contributed by atoms with E-state index in [2.05, 4.69) is 38.6 Å². The standard InChI is InChI=1S/C22H28N4O2/c27-22(24-18-7-9-19(10-8-18)25-11-3-4-12-25)17-23-20-5-1-2-6-21(20)26-13-15-28-16-14-26/h1-2,5-10,23H,3-4,11-17H2,(H,24,27). The van der Waals surface area contributed by atoms with Crippen LogP contribution in [0.25, 0.3) is 0 Å². The second kappa shape index (κ2) is 8.97. The maximum absolute atomic E-state index is 12.4. The lowest BCUT2D eigenvalue weighted by molar-refractivity contribution is -0.114. The molecule has 0 atom stereocenters. The third kappa shape index (κ3) is 4.57. The van der Waals surface area contributed by atoms with Crippen molar-refractivity contribution in [1.82, 2.24) is 0 Å². The number of hydrogen-bond acceptors (Lipinski definition) is 5. The first-order valence-corrected chi connectivity index (χ1v) is 10.1. The summed E-state index contributed by atoms with van der Waals surface area (Å²) in [5.74, 6) is -0.0503. The molecular weight excluding hydrogens is 352 g/mol. The van der Waals surface area contributed by atoms with Gasteiger partial charge in [-0.25, -0.2) is 0 Å². The Kier molecular flexibility index (Phi) is 5.97. The average molecular weight is 380 g/mol. The molecule has 2 heterocycles. The molecule has 6 heteroatoms. The van der Waals surface area contributed by atoms with E-state index >= 15 is 0 Å². The Balaban J connectivity index is 1.32. The Hall–Kier alpha value is -2.73. The molecule has 6 nitrogen and oxygen atoms in total. The van der Waals surface area contributed by atoms with Crippen molar-refractivity contribution < 1.29 is 9.53 Å². The van der Waals surface area contributed by atoms with Crippen molar-refractivity contribution in [3.05, 3.63) is 48.5 Å². The van der Waals surface area contributed by atoms with Crippen LogP contribution < -0.4 is 20.4 Å². The summed E-state index contributed by atoms with van der Waals surface area (Å²) >= 11 is 0. The zero-order chi connectivity index (χ0) is 19.2. The lowest BCUT2D eigenvalue weighted by atomic mass is 10.2. The van der Waals surface area contributed by atoms with Crippen molar-refractivity contribution in [3.63, 3.8) is 0 Å². The second-order valence-electron chi connectivity index (χ2n) is 7.26. The number of ether oxygens (including phenoxy) is 1. The largest absolute Gasteiger partial charge is 0.378 e. The van der Waals surface area contributed by atoms with Crippen LogP contribution >= 0.6 is 0 Å². The molecule has 2 aromatic carbocycles. The fraction of sp³-hybridized carbons (Fsp3) is 0.409. The molecule has 148 valence electrons. The molecule has 2 saturated heterocycles. The van der Waals surface area contributed by atoms with Gasteiger partial charge in [-0.05, 0) is 49.2 Å². The Morgan fingerprint density at radius 2 is 1.61 bits per heavy atom. The van der Waals surface area contributed by atoms with E-state index in [-0.39, 0.29) is 12.5 Å². The van der Waals surface area contributed by atoms with Crippen LogP contribution in [0.2, 0.25) is 0 Å². The third-order valence-electron chi connectivity index (χ3n) is 5.32. The molecule has 28 heavy (non-hydrogen) atoms. The minimum atomic E-state index is -0.0503. The topological polar surface area (TPSA) is 56.8 Å².